The molecule has 0 unspecified atom stereocenters. The van der Waals surface area contributed by atoms with Crippen LogP contribution in [0.1, 0.15) is 11.9 Å². The van der Waals surface area contributed by atoms with Crippen LogP contribution in [0.5, 0.6) is 0 Å². The molecule has 3 N–H and O–H groups in total. The van der Waals surface area contributed by atoms with Crippen LogP contribution in [-0.4, -0.2) is 59.8 Å². The molecule has 3 aromatic heterocycles. The Bertz CT molecular complexity index is 898. The van der Waals surface area contributed by atoms with E-state index in [1.165, 1.54) is 6.33 Å². The average molecular weight is 342 g/mol. The van der Waals surface area contributed by atoms with E-state index >= 15 is 0 Å². The van der Waals surface area contributed by atoms with E-state index in [0.29, 0.717) is 5.65 Å². The van der Waals surface area contributed by atoms with E-state index in [1.807, 2.05) is 25.1 Å². The van der Waals surface area contributed by atoms with Crippen LogP contribution in [0.3, 0.4) is 0 Å². The Labute approximate surface area is 143 Å². The summed E-state index contributed by atoms with van der Waals surface area (Å²) in [7, 11) is 0. The summed E-state index contributed by atoms with van der Waals surface area (Å²) >= 11 is 0. The summed E-state index contributed by atoms with van der Waals surface area (Å²) in [6.07, 6.45) is 0.866. The molecule has 4 heterocycles. The topological polar surface area (TPSA) is 114 Å². The van der Waals surface area contributed by atoms with Gasteiger partial charge < -0.3 is 24.6 Å². The Morgan fingerprint density at radius 3 is 2.68 bits per heavy atom. The summed E-state index contributed by atoms with van der Waals surface area (Å²) in [4.78, 5) is 13.0. The van der Waals surface area contributed by atoms with Gasteiger partial charge in [0.2, 0.25) is 0 Å². The predicted octanol–water partition coefficient (Wildman–Crippen LogP) is 0.413. The highest BCUT2D eigenvalue weighted by Gasteiger charge is 2.44. The molecule has 130 valence electrons. The van der Waals surface area contributed by atoms with Gasteiger partial charge in [-0.05, 0) is 19.1 Å². The zero-order valence-electron chi connectivity index (χ0n) is 13.5. The van der Waals surface area contributed by atoms with E-state index in [2.05, 4.69) is 15.0 Å². The van der Waals surface area contributed by atoms with Crippen molar-refractivity contribution < 1.29 is 20.1 Å². The molecular weight excluding hydrogens is 324 g/mol. The zero-order chi connectivity index (χ0) is 17.6. The van der Waals surface area contributed by atoms with E-state index in [0.717, 1.165) is 22.3 Å². The lowest BCUT2D eigenvalue weighted by Crippen LogP contribution is -2.33. The number of aliphatic hydroxyl groups excluding tert-OH is 3. The summed E-state index contributed by atoms with van der Waals surface area (Å²) in [5.41, 5.74) is 2.90. The van der Waals surface area contributed by atoms with Gasteiger partial charge >= 0.3 is 0 Å². The number of hydrogen-bond acceptors (Lipinski definition) is 7. The second-order valence-corrected chi connectivity index (χ2v) is 6.05. The van der Waals surface area contributed by atoms with Gasteiger partial charge in [0, 0.05) is 23.3 Å². The first kappa shape index (κ1) is 16.1. The van der Waals surface area contributed by atoms with E-state index in [-0.39, 0.29) is 6.61 Å². The van der Waals surface area contributed by atoms with Crippen LogP contribution in [0.25, 0.3) is 22.3 Å². The van der Waals surface area contributed by atoms with Gasteiger partial charge in [0.1, 0.15) is 30.3 Å². The zero-order valence-corrected chi connectivity index (χ0v) is 13.5. The molecule has 0 aromatic carbocycles. The van der Waals surface area contributed by atoms with Crippen molar-refractivity contribution in [2.45, 2.75) is 31.5 Å². The molecule has 0 bridgehead atoms. The van der Waals surface area contributed by atoms with Crippen molar-refractivity contribution in [3.63, 3.8) is 0 Å². The molecule has 1 fully saturated rings. The monoisotopic (exact) mass is 342 g/mol. The quantitative estimate of drug-likeness (QED) is 0.632. The third-order valence-corrected chi connectivity index (χ3v) is 4.53. The Balaban J connectivity index is 1.90. The first-order valence-corrected chi connectivity index (χ1v) is 7.98. The SMILES string of the molecule is Cc1ncnc2c1c(-c1ccccn1)cn2[C@@H]1O[C@H](CO)[C@@H](O)[C@H]1O. The lowest BCUT2D eigenvalue weighted by atomic mass is 10.1. The molecule has 1 saturated heterocycles. The Hall–Kier alpha value is -2.39. The van der Waals surface area contributed by atoms with Crippen LogP contribution >= 0.6 is 0 Å². The van der Waals surface area contributed by atoms with Crippen molar-refractivity contribution in [1.29, 1.82) is 0 Å². The van der Waals surface area contributed by atoms with Gasteiger partial charge in [0.15, 0.2) is 6.23 Å². The maximum absolute atomic E-state index is 10.4. The minimum Gasteiger partial charge on any atom is -0.394 e. The molecule has 0 radical (unpaired) electrons. The van der Waals surface area contributed by atoms with Gasteiger partial charge in [0.25, 0.3) is 0 Å². The van der Waals surface area contributed by atoms with Crippen LogP contribution in [-0.2, 0) is 4.74 Å². The third-order valence-electron chi connectivity index (χ3n) is 4.53. The lowest BCUT2D eigenvalue weighted by Gasteiger charge is -2.17. The fraction of sp³-hybridized carbons (Fsp3) is 0.353. The lowest BCUT2D eigenvalue weighted by molar-refractivity contribution is -0.0508. The Kier molecular flexibility index (Phi) is 3.97. The summed E-state index contributed by atoms with van der Waals surface area (Å²) in [5, 5.41) is 30.5. The Morgan fingerprint density at radius 1 is 1.16 bits per heavy atom. The standard InChI is InChI=1S/C17H18N4O4/c1-9-13-10(11-4-2-3-5-18-11)6-21(16(13)20-8-19-9)17-15(24)14(23)12(7-22)25-17/h2-6,8,12,14-15,17,22-24H,7H2,1H3/t12-,14-,15-,17-/m1/s1. The molecule has 4 rings (SSSR count). The first-order chi connectivity index (χ1) is 12.1. The van der Waals surface area contributed by atoms with Crippen molar-refractivity contribution in [3.05, 3.63) is 42.6 Å². The van der Waals surface area contributed by atoms with Gasteiger partial charge in [-0.25, -0.2) is 9.97 Å². The minimum atomic E-state index is -1.18. The van der Waals surface area contributed by atoms with E-state index in [4.69, 9.17) is 4.74 Å². The van der Waals surface area contributed by atoms with Crippen LogP contribution in [0.15, 0.2) is 36.9 Å². The first-order valence-electron chi connectivity index (χ1n) is 7.98. The van der Waals surface area contributed by atoms with E-state index < -0.39 is 24.5 Å². The number of aromatic nitrogens is 4. The van der Waals surface area contributed by atoms with Crippen molar-refractivity contribution >= 4 is 11.0 Å². The molecule has 1 aliphatic rings. The molecule has 8 nitrogen and oxygen atoms in total. The summed E-state index contributed by atoms with van der Waals surface area (Å²) in [6, 6.07) is 5.60. The third kappa shape index (κ3) is 2.50. The number of rotatable bonds is 3. The molecule has 8 heteroatoms. The van der Waals surface area contributed by atoms with Crippen LogP contribution in [0.4, 0.5) is 0 Å². The molecule has 0 aliphatic carbocycles. The van der Waals surface area contributed by atoms with Crippen LogP contribution in [0.2, 0.25) is 0 Å². The number of ether oxygens (including phenoxy) is 1. The van der Waals surface area contributed by atoms with Gasteiger partial charge in [0.05, 0.1) is 18.0 Å². The van der Waals surface area contributed by atoms with Gasteiger partial charge in [-0.3, -0.25) is 4.98 Å². The molecule has 4 atom stereocenters. The molecule has 25 heavy (non-hydrogen) atoms. The molecule has 0 spiro atoms. The number of fused-ring (bicyclic) bond motifs is 1. The Morgan fingerprint density at radius 2 is 2.00 bits per heavy atom. The number of pyridine rings is 1. The number of aryl methyl sites for hydroxylation is 1. The van der Waals surface area contributed by atoms with Crippen LogP contribution < -0.4 is 0 Å². The van der Waals surface area contributed by atoms with Crippen LogP contribution in [0, 0.1) is 6.92 Å². The van der Waals surface area contributed by atoms with Crippen molar-refractivity contribution in [1.82, 2.24) is 19.5 Å². The van der Waals surface area contributed by atoms with Gasteiger partial charge in [-0.15, -0.1) is 0 Å². The fourth-order valence-electron chi connectivity index (χ4n) is 3.26. The summed E-state index contributed by atoms with van der Waals surface area (Å²) in [5.74, 6) is 0. The van der Waals surface area contributed by atoms with Crippen molar-refractivity contribution in [2.24, 2.45) is 0 Å². The van der Waals surface area contributed by atoms with Crippen molar-refractivity contribution in [3.8, 4) is 11.3 Å². The number of nitrogens with zero attached hydrogens (tertiary/aromatic N) is 4. The summed E-state index contributed by atoms with van der Waals surface area (Å²) < 4.78 is 7.31. The second-order valence-electron chi connectivity index (χ2n) is 6.05. The maximum atomic E-state index is 10.4. The molecule has 0 amide bonds. The average Bonchev–Trinajstić information content (AvgIpc) is 3.15. The smallest absolute Gasteiger partial charge is 0.164 e. The normalized spacial score (nSPS) is 26.4. The maximum Gasteiger partial charge on any atom is 0.164 e. The summed E-state index contributed by atoms with van der Waals surface area (Å²) in [6.45, 7) is 1.49. The van der Waals surface area contributed by atoms with Gasteiger partial charge in [-0.2, -0.15) is 0 Å². The highest BCUT2D eigenvalue weighted by Crippen LogP contribution is 2.36. The van der Waals surface area contributed by atoms with Crippen molar-refractivity contribution in [2.75, 3.05) is 6.61 Å². The highest BCUT2D eigenvalue weighted by molar-refractivity contribution is 5.94. The number of hydrogen-bond donors (Lipinski definition) is 3. The highest BCUT2D eigenvalue weighted by atomic mass is 16.6. The second kappa shape index (κ2) is 6.16. The van der Waals surface area contributed by atoms with E-state index in [1.54, 1.807) is 17.0 Å². The molecule has 3 aromatic rings. The van der Waals surface area contributed by atoms with E-state index in [9.17, 15) is 15.3 Å². The predicted molar refractivity (Wildman–Crippen MR) is 88.5 cm³/mol. The van der Waals surface area contributed by atoms with Gasteiger partial charge in [-0.1, -0.05) is 6.07 Å². The molecule has 1 aliphatic heterocycles. The minimum absolute atomic E-state index is 0.380. The molecular formula is C17H18N4O4. The molecule has 0 saturated carbocycles. The number of aliphatic hydroxyl groups is 3. The largest absolute Gasteiger partial charge is 0.394 e. The fourth-order valence-corrected chi connectivity index (χ4v) is 3.26.